The van der Waals surface area contributed by atoms with Crippen LogP contribution >= 0.6 is 0 Å². The molecule has 9 heteroatoms. The van der Waals surface area contributed by atoms with Crippen molar-refractivity contribution < 1.29 is 9.53 Å². The first kappa shape index (κ1) is 21.0. The smallest absolute Gasteiger partial charge is 0.226 e. The minimum absolute atomic E-state index is 0.0614. The Bertz CT molecular complexity index is 1530. The molecule has 0 saturated carbocycles. The summed E-state index contributed by atoms with van der Waals surface area (Å²) in [7, 11) is 0. The van der Waals surface area contributed by atoms with E-state index in [-0.39, 0.29) is 11.8 Å². The second-order valence-electron chi connectivity index (χ2n) is 8.73. The van der Waals surface area contributed by atoms with E-state index in [4.69, 9.17) is 9.84 Å². The summed E-state index contributed by atoms with van der Waals surface area (Å²) in [6.07, 6.45) is 1.88. The highest BCUT2D eigenvalue weighted by Gasteiger charge is 2.33. The minimum atomic E-state index is -0.114. The van der Waals surface area contributed by atoms with Gasteiger partial charge in [0.15, 0.2) is 11.5 Å². The van der Waals surface area contributed by atoms with Gasteiger partial charge in [-0.1, -0.05) is 42.0 Å². The lowest BCUT2D eigenvalue weighted by Crippen LogP contribution is -2.25. The number of amides is 1. The third kappa shape index (κ3) is 3.90. The van der Waals surface area contributed by atoms with Gasteiger partial charge < -0.3 is 10.1 Å². The molecule has 1 unspecified atom stereocenters. The lowest BCUT2D eigenvalue weighted by atomic mass is 9.86. The summed E-state index contributed by atoms with van der Waals surface area (Å²) in [5, 5.41) is 20.1. The van der Waals surface area contributed by atoms with Crippen molar-refractivity contribution in [3.05, 3.63) is 94.9 Å². The summed E-state index contributed by atoms with van der Waals surface area (Å²) in [6, 6.07) is 19.9. The van der Waals surface area contributed by atoms with E-state index in [0.717, 1.165) is 28.1 Å². The van der Waals surface area contributed by atoms with Gasteiger partial charge in [0.05, 0.1) is 5.69 Å². The van der Waals surface area contributed by atoms with Gasteiger partial charge in [-0.25, -0.2) is 0 Å². The average Bonchev–Trinajstić information content (AvgIpc) is 3.47. The molecule has 0 radical (unpaired) electrons. The molecule has 174 valence electrons. The fourth-order valence-corrected chi connectivity index (χ4v) is 4.48. The van der Waals surface area contributed by atoms with Gasteiger partial charge in [-0.05, 0) is 49.2 Å². The summed E-state index contributed by atoms with van der Waals surface area (Å²) >= 11 is 0. The zero-order valence-corrected chi connectivity index (χ0v) is 19.3. The van der Waals surface area contributed by atoms with Crippen molar-refractivity contribution in [1.82, 2.24) is 29.6 Å². The Hall–Kier alpha value is -4.53. The summed E-state index contributed by atoms with van der Waals surface area (Å²) in [4.78, 5) is 12.7. The maximum Gasteiger partial charge on any atom is 0.226 e. The molecule has 1 aliphatic heterocycles. The number of aryl methyl sites for hydroxylation is 2. The Balaban J connectivity index is 1.29. The Morgan fingerprint density at radius 1 is 1.00 bits per heavy atom. The van der Waals surface area contributed by atoms with Crippen LogP contribution in [0.5, 0.6) is 5.75 Å². The van der Waals surface area contributed by atoms with Crippen LogP contribution < -0.4 is 10.1 Å². The number of rotatable bonds is 5. The lowest BCUT2D eigenvalue weighted by molar-refractivity contribution is -0.116. The molecule has 1 amide bonds. The Labute approximate surface area is 201 Å². The van der Waals surface area contributed by atoms with Gasteiger partial charge in [-0.2, -0.15) is 14.3 Å². The maximum absolute atomic E-state index is 12.7. The van der Waals surface area contributed by atoms with Crippen LogP contribution in [-0.4, -0.2) is 35.5 Å². The molecule has 6 rings (SSSR count). The van der Waals surface area contributed by atoms with Gasteiger partial charge in [0, 0.05) is 17.9 Å². The number of fused-ring (bicyclic) bond motifs is 2. The first-order valence-corrected chi connectivity index (χ1v) is 11.4. The molecule has 9 nitrogen and oxygen atoms in total. The Morgan fingerprint density at radius 2 is 1.80 bits per heavy atom. The molecule has 0 aliphatic carbocycles. The van der Waals surface area contributed by atoms with Crippen LogP contribution in [-0.2, 0) is 11.4 Å². The van der Waals surface area contributed by atoms with Crippen LogP contribution in [0.25, 0.3) is 11.5 Å². The van der Waals surface area contributed by atoms with Crippen LogP contribution in [0.15, 0.2) is 67.0 Å². The van der Waals surface area contributed by atoms with E-state index < -0.39 is 0 Å². The van der Waals surface area contributed by atoms with Crippen molar-refractivity contribution in [3.63, 3.8) is 0 Å². The second-order valence-corrected chi connectivity index (χ2v) is 8.73. The van der Waals surface area contributed by atoms with Crippen molar-refractivity contribution in [2.24, 2.45) is 0 Å². The first-order chi connectivity index (χ1) is 17.0. The number of benzene rings is 2. The number of hydrogen-bond donors (Lipinski definition) is 1. The van der Waals surface area contributed by atoms with Gasteiger partial charge in [0.2, 0.25) is 5.91 Å². The Kier molecular flexibility index (Phi) is 5.02. The molecule has 35 heavy (non-hydrogen) atoms. The molecule has 3 aromatic heterocycles. The van der Waals surface area contributed by atoms with E-state index in [1.807, 2.05) is 43.3 Å². The van der Waals surface area contributed by atoms with E-state index in [2.05, 4.69) is 51.8 Å². The van der Waals surface area contributed by atoms with Crippen molar-refractivity contribution in [1.29, 1.82) is 0 Å². The van der Waals surface area contributed by atoms with Crippen molar-refractivity contribution in [2.75, 3.05) is 5.32 Å². The predicted octanol–water partition coefficient (Wildman–Crippen LogP) is 3.98. The van der Waals surface area contributed by atoms with Crippen molar-refractivity contribution >= 4 is 17.4 Å². The summed E-state index contributed by atoms with van der Waals surface area (Å²) < 4.78 is 9.22. The normalized spacial score (nSPS) is 15.1. The molecule has 0 bridgehead atoms. The highest BCUT2D eigenvalue weighted by atomic mass is 16.5. The number of nitrogens with one attached hydrogen (secondary N) is 1. The van der Waals surface area contributed by atoms with E-state index in [0.29, 0.717) is 30.3 Å². The molecule has 4 heterocycles. The number of aromatic nitrogens is 6. The number of carbonyl (C=O) groups excluding carboxylic acids is 1. The monoisotopic (exact) mass is 465 g/mol. The number of ether oxygens (including phenoxy) is 1. The molecule has 1 N–H and O–H groups in total. The largest absolute Gasteiger partial charge is 0.489 e. The number of anilines is 1. The van der Waals surface area contributed by atoms with Gasteiger partial charge in [-0.15, -0.1) is 15.3 Å². The molecule has 5 aromatic rings. The highest BCUT2D eigenvalue weighted by molar-refractivity contribution is 5.95. The van der Waals surface area contributed by atoms with E-state index in [1.165, 1.54) is 11.9 Å². The van der Waals surface area contributed by atoms with Crippen LogP contribution in [0.1, 0.15) is 40.3 Å². The van der Waals surface area contributed by atoms with Gasteiger partial charge in [-0.3, -0.25) is 4.79 Å². The average molecular weight is 466 g/mol. The van der Waals surface area contributed by atoms with Gasteiger partial charge in [0.1, 0.15) is 24.5 Å². The minimum Gasteiger partial charge on any atom is -0.489 e. The predicted molar refractivity (Wildman–Crippen MR) is 130 cm³/mol. The fraction of sp³-hybridized carbons (Fsp3) is 0.192. The van der Waals surface area contributed by atoms with E-state index >= 15 is 0 Å². The van der Waals surface area contributed by atoms with Crippen LogP contribution in [0.2, 0.25) is 0 Å². The van der Waals surface area contributed by atoms with Crippen LogP contribution in [0, 0.1) is 13.8 Å². The molecule has 2 aromatic carbocycles. The quantitative estimate of drug-likeness (QED) is 0.422. The summed E-state index contributed by atoms with van der Waals surface area (Å²) in [6.45, 7) is 4.53. The molecular formula is C26H23N7O2. The van der Waals surface area contributed by atoms with E-state index in [1.54, 1.807) is 9.20 Å². The number of hydrogen-bond acceptors (Lipinski definition) is 6. The highest BCUT2D eigenvalue weighted by Crippen LogP contribution is 2.40. The summed E-state index contributed by atoms with van der Waals surface area (Å²) in [5.74, 6) is 1.82. The second kappa shape index (κ2) is 8.35. The zero-order chi connectivity index (χ0) is 23.9. The maximum atomic E-state index is 12.7. The van der Waals surface area contributed by atoms with Crippen molar-refractivity contribution in [3.8, 4) is 11.6 Å². The third-order valence-corrected chi connectivity index (χ3v) is 6.28. The molecule has 1 aliphatic rings. The van der Waals surface area contributed by atoms with Crippen LogP contribution in [0.4, 0.5) is 5.82 Å². The molecule has 0 spiro atoms. The first-order valence-electron chi connectivity index (χ1n) is 11.4. The number of carbonyl (C=O) groups is 1. The van der Waals surface area contributed by atoms with Crippen LogP contribution in [0.3, 0.4) is 0 Å². The van der Waals surface area contributed by atoms with E-state index in [9.17, 15) is 4.79 Å². The molecule has 1 atom stereocenters. The molecular weight excluding hydrogens is 442 g/mol. The third-order valence-electron chi connectivity index (χ3n) is 6.28. The van der Waals surface area contributed by atoms with Gasteiger partial charge in [0.25, 0.3) is 0 Å². The van der Waals surface area contributed by atoms with Gasteiger partial charge >= 0.3 is 0 Å². The summed E-state index contributed by atoms with van der Waals surface area (Å²) in [5.41, 5.74) is 5.85. The SMILES string of the molecule is Cc1ccc(COc2ccc(C3CC(=O)Nc4c3c(C)nn4-c3ccc4nncn4n3)cc2)cc1. The molecule has 0 fully saturated rings. The number of nitrogens with zero attached hydrogens (tertiary/aromatic N) is 6. The molecule has 0 saturated heterocycles. The topological polar surface area (TPSA) is 99.2 Å². The zero-order valence-electron chi connectivity index (χ0n) is 19.3. The standard InChI is InChI=1S/C26H23N7O2/c1-16-3-5-18(6-4-16)14-35-20-9-7-19(8-10-20)21-13-24(34)28-26-25(21)17(2)30-33(26)23-12-11-22-29-27-15-32(22)31-23/h3-12,15,21H,13-14H2,1-2H3,(H,28,34). The Morgan fingerprint density at radius 3 is 2.60 bits per heavy atom. The lowest BCUT2D eigenvalue weighted by Gasteiger charge is -2.24. The van der Waals surface area contributed by atoms with Crippen molar-refractivity contribution in [2.45, 2.75) is 32.8 Å². The fourth-order valence-electron chi connectivity index (χ4n) is 4.48.